The van der Waals surface area contributed by atoms with Gasteiger partial charge in [-0.3, -0.25) is 9.59 Å². The maximum atomic E-state index is 11.1. The van der Waals surface area contributed by atoms with Gasteiger partial charge in [0.05, 0.1) is 19.1 Å². The standard InChI is InChI=1S/C10H19NO3.ClH/c1-3-4-8(2)14-10(13)6-5-9(12)7-11;/h8H,3-7,11H2,1-2H3;1H. The summed E-state index contributed by atoms with van der Waals surface area (Å²) in [6.45, 7) is 3.88. The Kier molecular flexibility index (Phi) is 11.1. The fourth-order valence-electron chi connectivity index (χ4n) is 1.09. The van der Waals surface area contributed by atoms with E-state index in [1.54, 1.807) is 0 Å². The molecule has 0 aromatic rings. The molecule has 0 amide bonds. The molecule has 0 rings (SSSR count). The molecule has 5 heteroatoms. The van der Waals surface area contributed by atoms with Crippen LogP contribution in [0.1, 0.15) is 39.5 Å². The second-order valence-electron chi connectivity index (χ2n) is 3.33. The number of carbonyl (C=O) groups is 2. The molecule has 0 saturated carbocycles. The molecule has 0 aliphatic rings. The summed E-state index contributed by atoms with van der Waals surface area (Å²) in [6, 6.07) is 0. The Bertz CT molecular complexity index is 197. The minimum Gasteiger partial charge on any atom is -0.463 e. The van der Waals surface area contributed by atoms with Gasteiger partial charge >= 0.3 is 5.97 Å². The van der Waals surface area contributed by atoms with Gasteiger partial charge in [-0.05, 0) is 13.3 Å². The van der Waals surface area contributed by atoms with E-state index >= 15 is 0 Å². The molecule has 4 nitrogen and oxygen atoms in total. The summed E-state index contributed by atoms with van der Waals surface area (Å²) in [7, 11) is 0. The van der Waals surface area contributed by atoms with Crippen molar-refractivity contribution >= 4 is 24.2 Å². The normalized spacial score (nSPS) is 11.4. The van der Waals surface area contributed by atoms with Crippen LogP contribution in [0.4, 0.5) is 0 Å². The SMILES string of the molecule is CCCC(C)OC(=O)CCC(=O)CN.Cl. The van der Waals surface area contributed by atoms with Crippen LogP contribution < -0.4 is 5.73 Å². The van der Waals surface area contributed by atoms with Crippen LogP contribution in [-0.4, -0.2) is 24.4 Å². The monoisotopic (exact) mass is 237 g/mol. The summed E-state index contributed by atoms with van der Waals surface area (Å²) in [5.41, 5.74) is 5.11. The molecule has 1 unspecified atom stereocenters. The zero-order valence-corrected chi connectivity index (χ0v) is 10.1. The van der Waals surface area contributed by atoms with Gasteiger partial charge in [0.25, 0.3) is 0 Å². The van der Waals surface area contributed by atoms with Gasteiger partial charge in [-0.15, -0.1) is 12.4 Å². The zero-order valence-electron chi connectivity index (χ0n) is 9.32. The van der Waals surface area contributed by atoms with Crippen molar-refractivity contribution < 1.29 is 14.3 Å². The highest BCUT2D eigenvalue weighted by Crippen LogP contribution is 2.03. The van der Waals surface area contributed by atoms with Crippen molar-refractivity contribution in [3.8, 4) is 0 Å². The van der Waals surface area contributed by atoms with E-state index in [0.29, 0.717) is 0 Å². The lowest BCUT2D eigenvalue weighted by Crippen LogP contribution is -2.18. The Morgan fingerprint density at radius 2 is 1.93 bits per heavy atom. The summed E-state index contributed by atoms with van der Waals surface area (Å²) in [6.07, 6.45) is 2.12. The summed E-state index contributed by atoms with van der Waals surface area (Å²) < 4.78 is 5.05. The van der Waals surface area contributed by atoms with E-state index in [-0.39, 0.29) is 49.6 Å². The molecule has 0 heterocycles. The molecule has 0 aliphatic heterocycles. The lowest BCUT2D eigenvalue weighted by molar-refractivity contribution is -0.149. The van der Waals surface area contributed by atoms with Gasteiger partial charge in [0.15, 0.2) is 0 Å². The molecule has 0 bridgehead atoms. The quantitative estimate of drug-likeness (QED) is 0.681. The Balaban J connectivity index is 0. The van der Waals surface area contributed by atoms with Gasteiger partial charge in [0.1, 0.15) is 5.78 Å². The van der Waals surface area contributed by atoms with Crippen LogP contribution in [0.3, 0.4) is 0 Å². The van der Waals surface area contributed by atoms with Crippen molar-refractivity contribution in [3.63, 3.8) is 0 Å². The molecule has 15 heavy (non-hydrogen) atoms. The highest BCUT2D eigenvalue weighted by molar-refractivity contribution is 5.85. The third kappa shape index (κ3) is 9.69. The average Bonchev–Trinajstić information content (AvgIpc) is 2.14. The van der Waals surface area contributed by atoms with Gasteiger partial charge in [0, 0.05) is 6.42 Å². The maximum Gasteiger partial charge on any atom is 0.306 e. The molecule has 1 atom stereocenters. The number of Topliss-reactive ketones (excluding diaryl/α,β-unsaturated/α-hetero) is 1. The molecule has 0 spiro atoms. The number of nitrogens with two attached hydrogens (primary N) is 1. The van der Waals surface area contributed by atoms with Crippen LogP contribution in [0, 0.1) is 0 Å². The van der Waals surface area contributed by atoms with Crippen molar-refractivity contribution in [2.75, 3.05) is 6.54 Å². The minimum absolute atomic E-state index is 0. The predicted molar refractivity (Wildman–Crippen MR) is 61.0 cm³/mol. The van der Waals surface area contributed by atoms with Gasteiger partial charge < -0.3 is 10.5 Å². The predicted octanol–water partition coefficient (Wildman–Crippen LogP) is 1.45. The third-order valence-electron chi connectivity index (χ3n) is 1.86. The summed E-state index contributed by atoms with van der Waals surface area (Å²) in [5.74, 6) is -0.419. The molecule has 90 valence electrons. The molecule has 0 aliphatic carbocycles. The fraction of sp³-hybridized carbons (Fsp3) is 0.800. The van der Waals surface area contributed by atoms with Crippen molar-refractivity contribution in [1.82, 2.24) is 0 Å². The molecule has 0 fully saturated rings. The second kappa shape index (κ2) is 9.93. The van der Waals surface area contributed by atoms with Crippen LogP contribution >= 0.6 is 12.4 Å². The van der Waals surface area contributed by atoms with E-state index in [0.717, 1.165) is 12.8 Å². The molecule has 0 radical (unpaired) electrons. The number of rotatable bonds is 7. The smallest absolute Gasteiger partial charge is 0.306 e. The van der Waals surface area contributed by atoms with E-state index < -0.39 is 0 Å². The van der Waals surface area contributed by atoms with E-state index in [9.17, 15) is 9.59 Å². The summed E-state index contributed by atoms with van der Waals surface area (Å²) in [4.78, 5) is 21.9. The Labute approximate surface area is 97.0 Å². The first-order valence-electron chi connectivity index (χ1n) is 5.01. The number of ketones is 1. The molecular weight excluding hydrogens is 218 g/mol. The molecular formula is C10H20ClNO3. The van der Waals surface area contributed by atoms with Gasteiger partial charge in [-0.25, -0.2) is 0 Å². The van der Waals surface area contributed by atoms with E-state index in [1.165, 1.54) is 0 Å². The summed E-state index contributed by atoms with van der Waals surface area (Å²) >= 11 is 0. The number of halogens is 1. The van der Waals surface area contributed by atoms with Crippen LogP contribution in [0.15, 0.2) is 0 Å². The van der Waals surface area contributed by atoms with Crippen LogP contribution in [-0.2, 0) is 14.3 Å². The number of hydrogen-bond donors (Lipinski definition) is 1. The first kappa shape index (κ1) is 16.8. The molecule has 0 saturated heterocycles. The fourth-order valence-corrected chi connectivity index (χ4v) is 1.09. The molecule has 2 N–H and O–H groups in total. The number of hydrogen-bond acceptors (Lipinski definition) is 4. The summed E-state index contributed by atoms with van der Waals surface area (Å²) in [5, 5.41) is 0. The van der Waals surface area contributed by atoms with Gasteiger partial charge in [-0.1, -0.05) is 13.3 Å². The van der Waals surface area contributed by atoms with Crippen LogP contribution in [0.5, 0.6) is 0 Å². The van der Waals surface area contributed by atoms with E-state index in [4.69, 9.17) is 10.5 Å². The van der Waals surface area contributed by atoms with Gasteiger partial charge in [0.2, 0.25) is 0 Å². The van der Waals surface area contributed by atoms with Gasteiger partial charge in [-0.2, -0.15) is 0 Å². The lowest BCUT2D eigenvalue weighted by atomic mass is 10.2. The lowest BCUT2D eigenvalue weighted by Gasteiger charge is -2.11. The van der Waals surface area contributed by atoms with Crippen molar-refractivity contribution in [1.29, 1.82) is 0 Å². The minimum atomic E-state index is -0.312. The highest BCUT2D eigenvalue weighted by Gasteiger charge is 2.10. The van der Waals surface area contributed by atoms with E-state index in [2.05, 4.69) is 0 Å². The van der Waals surface area contributed by atoms with Crippen LogP contribution in [0.25, 0.3) is 0 Å². The van der Waals surface area contributed by atoms with Crippen molar-refractivity contribution in [3.05, 3.63) is 0 Å². The van der Waals surface area contributed by atoms with Crippen molar-refractivity contribution in [2.45, 2.75) is 45.6 Å². The number of esters is 1. The second-order valence-corrected chi connectivity index (χ2v) is 3.33. The third-order valence-corrected chi connectivity index (χ3v) is 1.86. The Morgan fingerprint density at radius 3 is 2.40 bits per heavy atom. The maximum absolute atomic E-state index is 11.1. The van der Waals surface area contributed by atoms with Crippen LogP contribution in [0.2, 0.25) is 0 Å². The highest BCUT2D eigenvalue weighted by atomic mass is 35.5. The zero-order chi connectivity index (χ0) is 11.0. The largest absolute Gasteiger partial charge is 0.463 e. The molecule has 0 aromatic carbocycles. The topological polar surface area (TPSA) is 69.4 Å². The molecule has 0 aromatic heterocycles. The number of ether oxygens (including phenoxy) is 1. The van der Waals surface area contributed by atoms with Crippen molar-refractivity contribution in [2.24, 2.45) is 5.73 Å². The average molecular weight is 238 g/mol. The Morgan fingerprint density at radius 1 is 1.33 bits per heavy atom. The van der Waals surface area contributed by atoms with E-state index in [1.807, 2.05) is 13.8 Å². The Hall–Kier alpha value is -0.610. The first-order valence-corrected chi connectivity index (χ1v) is 5.01. The number of carbonyl (C=O) groups excluding carboxylic acids is 2. The first-order chi connectivity index (χ1) is 6.60.